The quantitative estimate of drug-likeness (QED) is 0.713. The molecule has 0 aromatic carbocycles. The molecule has 1 aromatic heterocycles. The molecule has 1 aromatic rings. The largest absolute Gasteiger partial charge is 0.310 e. The van der Waals surface area contributed by atoms with Gasteiger partial charge in [-0.15, -0.1) is 24.5 Å². The highest BCUT2D eigenvalue weighted by Gasteiger charge is 2.26. The van der Waals surface area contributed by atoms with Crippen LogP contribution in [0.3, 0.4) is 0 Å². The lowest BCUT2D eigenvalue weighted by molar-refractivity contribution is 0.473. The predicted octanol–water partition coefficient (Wildman–Crippen LogP) is 2.61. The van der Waals surface area contributed by atoms with Crippen LogP contribution >= 0.6 is 11.3 Å². The smallest absolute Gasteiger partial charge is 0.244 e. The number of rotatable bonds is 9. The van der Waals surface area contributed by atoms with Crippen molar-refractivity contribution in [3.05, 3.63) is 41.6 Å². The molecule has 112 valence electrons. The van der Waals surface area contributed by atoms with Gasteiger partial charge in [0.05, 0.1) is 4.90 Å². The van der Waals surface area contributed by atoms with E-state index in [0.29, 0.717) is 17.5 Å². The molecule has 0 saturated heterocycles. The van der Waals surface area contributed by atoms with Crippen molar-refractivity contribution in [2.45, 2.75) is 31.3 Å². The summed E-state index contributed by atoms with van der Waals surface area (Å²) in [4.78, 5) is 1.20. The standard InChI is InChI=1S/C14H22N2O2S2/c1-5-8-16(9-6-2)20(17,18)14-7-10-19-13(14)11-15-12(3)4/h5-7,10,12,15H,1-2,8-9,11H2,3-4H3. The molecule has 0 unspecified atom stereocenters. The number of nitrogens with one attached hydrogen (secondary N) is 1. The minimum absolute atomic E-state index is 0.279. The predicted molar refractivity (Wildman–Crippen MR) is 85.4 cm³/mol. The minimum Gasteiger partial charge on any atom is -0.310 e. The molecule has 0 amide bonds. The lowest BCUT2D eigenvalue weighted by atomic mass is 10.4. The first-order chi connectivity index (χ1) is 9.43. The van der Waals surface area contributed by atoms with Crippen molar-refractivity contribution in [2.24, 2.45) is 0 Å². The van der Waals surface area contributed by atoms with E-state index in [9.17, 15) is 8.42 Å². The molecule has 0 aliphatic heterocycles. The Balaban J connectivity index is 3.04. The van der Waals surface area contributed by atoms with E-state index in [2.05, 4.69) is 18.5 Å². The molecule has 0 atom stereocenters. The van der Waals surface area contributed by atoms with Gasteiger partial charge in [0, 0.05) is 30.6 Å². The molecule has 20 heavy (non-hydrogen) atoms. The first-order valence-electron chi connectivity index (χ1n) is 6.45. The van der Waals surface area contributed by atoms with E-state index in [1.165, 1.54) is 15.6 Å². The highest BCUT2D eigenvalue weighted by atomic mass is 32.2. The van der Waals surface area contributed by atoms with Crippen molar-refractivity contribution in [2.75, 3.05) is 13.1 Å². The summed E-state index contributed by atoms with van der Waals surface area (Å²) in [5, 5.41) is 5.06. The molecule has 1 rings (SSSR count). The number of hydrogen-bond acceptors (Lipinski definition) is 4. The average Bonchev–Trinajstić information content (AvgIpc) is 2.85. The molecule has 6 heteroatoms. The van der Waals surface area contributed by atoms with Crippen molar-refractivity contribution in [3.63, 3.8) is 0 Å². The van der Waals surface area contributed by atoms with Crippen LogP contribution in [-0.2, 0) is 16.6 Å². The normalized spacial score (nSPS) is 12.0. The summed E-state index contributed by atoms with van der Waals surface area (Å²) < 4.78 is 26.7. The Hall–Kier alpha value is -0.950. The molecule has 0 aliphatic carbocycles. The summed E-state index contributed by atoms with van der Waals surface area (Å²) in [6, 6.07) is 1.97. The number of sulfonamides is 1. The topological polar surface area (TPSA) is 49.4 Å². The molecule has 4 nitrogen and oxygen atoms in total. The van der Waals surface area contributed by atoms with Gasteiger partial charge < -0.3 is 5.32 Å². The van der Waals surface area contributed by atoms with Gasteiger partial charge in [0.25, 0.3) is 0 Å². The monoisotopic (exact) mass is 314 g/mol. The zero-order valence-corrected chi connectivity index (χ0v) is 13.6. The Bertz CT molecular complexity index is 537. The molecule has 1 N–H and O–H groups in total. The second-order valence-corrected chi connectivity index (χ2v) is 7.55. The Morgan fingerprint density at radius 2 is 1.95 bits per heavy atom. The fourth-order valence-electron chi connectivity index (χ4n) is 1.68. The maximum atomic E-state index is 12.6. The first-order valence-corrected chi connectivity index (χ1v) is 8.77. The van der Waals surface area contributed by atoms with Gasteiger partial charge in [-0.25, -0.2) is 8.42 Å². The molecule has 0 aliphatic rings. The van der Waals surface area contributed by atoms with Crippen LogP contribution in [-0.4, -0.2) is 31.9 Å². The Morgan fingerprint density at radius 3 is 2.45 bits per heavy atom. The van der Waals surface area contributed by atoms with E-state index < -0.39 is 10.0 Å². The van der Waals surface area contributed by atoms with Crippen molar-refractivity contribution in [1.29, 1.82) is 0 Å². The molecule has 0 radical (unpaired) electrons. The van der Waals surface area contributed by atoms with Crippen molar-refractivity contribution >= 4 is 21.4 Å². The number of thiophene rings is 1. The Morgan fingerprint density at radius 1 is 1.35 bits per heavy atom. The van der Waals surface area contributed by atoms with E-state index >= 15 is 0 Å². The van der Waals surface area contributed by atoms with Gasteiger partial charge in [-0.3, -0.25) is 0 Å². The van der Waals surface area contributed by atoms with Gasteiger partial charge in [0.15, 0.2) is 0 Å². The Kier molecular flexibility index (Phi) is 6.61. The lowest BCUT2D eigenvalue weighted by Crippen LogP contribution is -2.32. The average molecular weight is 314 g/mol. The summed E-state index contributed by atoms with van der Waals surface area (Å²) in [7, 11) is -3.50. The van der Waals surface area contributed by atoms with Gasteiger partial charge in [-0.1, -0.05) is 26.0 Å². The minimum atomic E-state index is -3.50. The van der Waals surface area contributed by atoms with Crippen molar-refractivity contribution in [3.8, 4) is 0 Å². The van der Waals surface area contributed by atoms with Crippen LogP contribution in [0.1, 0.15) is 18.7 Å². The molecule has 0 fully saturated rings. The second-order valence-electron chi connectivity index (χ2n) is 4.64. The van der Waals surface area contributed by atoms with Gasteiger partial charge >= 0.3 is 0 Å². The first kappa shape index (κ1) is 17.1. The summed E-state index contributed by atoms with van der Waals surface area (Å²) >= 11 is 1.45. The molecule has 0 bridgehead atoms. The van der Waals surface area contributed by atoms with E-state index in [0.717, 1.165) is 4.88 Å². The van der Waals surface area contributed by atoms with E-state index in [1.807, 2.05) is 19.2 Å². The number of hydrogen-bond donors (Lipinski definition) is 1. The molecule has 0 spiro atoms. The van der Waals surface area contributed by atoms with Gasteiger partial charge in [0.1, 0.15) is 0 Å². The lowest BCUT2D eigenvalue weighted by Gasteiger charge is -2.19. The third-order valence-corrected chi connectivity index (χ3v) is 5.63. The SMILES string of the molecule is C=CCN(CC=C)S(=O)(=O)c1ccsc1CNC(C)C. The van der Waals surface area contributed by atoms with E-state index in [-0.39, 0.29) is 13.1 Å². The molecular weight excluding hydrogens is 292 g/mol. The maximum Gasteiger partial charge on any atom is 0.244 e. The van der Waals surface area contributed by atoms with Gasteiger partial charge in [-0.05, 0) is 11.4 Å². The maximum absolute atomic E-state index is 12.6. The van der Waals surface area contributed by atoms with Crippen LogP contribution in [0.5, 0.6) is 0 Å². The van der Waals surface area contributed by atoms with Crippen molar-refractivity contribution in [1.82, 2.24) is 9.62 Å². The van der Waals surface area contributed by atoms with E-state index in [4.69, 9.17) is 0 Å². The second kappa shape index (κ2) is 7.73. The fraction of sp³-hybridized carbons (Fsp3) is 0.429. The molecule has 0 saturated carbocycles. The third-order valence-electron chi connectivity index (χ3n) is 2.66. The van der Waals surface area contributed by atoms with Crippen LogP contribution in [0.4, 0.5) is 0 Å². The van der Waals surface area contributed by atoms with Crippen LogP contribution in [0.15, 0.2) is 41.7 Å². The fourth-order valence-corrected chi connectivity index (χ4v) is 4.43. The summed E-state index contributed by atoms with van der Waals surface area (Å²) in [6.07, 6.45) is 3.17. The highest BCUT2D eigenvalue weighted by Crippen LogP contribution is 2.25. The van der Waals surface area contributed by atoms with E-state index in [1.54, 1.807) is 18.2 Å². The zero-order chi connectivity index (χ0) is 15.2. The molecular formula is C14H22N2O2S2. The van der Waals surface area contributed by atoms with Gasteiger partial charge in [-0.2, -0.15) is 4.31 Å². The number of nitrogens with zero attached hydrogens (tertiary/aromatic N) is 1. The van der Waals surface area contributed by atoms with Crippen LogP contribution in [0.25, 0.3) is 0 Å². The van der Waals surface area contributed by atoms with Crippen LogP contribution < -0.4 is 5.32 Å². The summed E-state index contributed by atoms with van der Waals surface area (Å²) in [5.41, 5.74) is 0. The summed E-state index contributed by atoms with van der Waals surface area (Å²) in [5.74, 6) is 0. The Labute approximate surface area is 125 Å². The summed E-state index contributed by atoms with van der Waals surface area (Å²) in [6.45, 7) is 12.4. The van der Waals surface area contributed by atoms with Crippen molar-refractivity contribution < 1.29 is 8.42 Å². The van der Waals surface area contributed by atoms with Gasteiger partial charge in [0.2, 0.25) is 10.0 Å². The third kappa shape index (κ3) is 4.28. The van der Waals surface area contributed by atoms with Crippen LogP contribution in [0.2, 0.25) is 0 Å². The zero-order valence-electron chi connectivity index (χ0n) is 12.0. The highest BCUT2D eigenvalue weighted by molar-refractivity contribution is 7.89. The van der Waals surface area contributed by atoms with Crippen LogP contribution in [0, 0.1) is 0 Å². The molecule has 1 heterocycles.